The van der Waals surface area contributed by atoms with Crippen LogP contribution in [0.5, 0.6) is 0 Å². The molecular formula is C31H35ClN4OS. The second-order valence-electron chi connectivity index (χ2n) is 9.55. The van der Waals surface area contributed by atoms with Crippen molar-refractivity contribution in [2.45, 2.75) is 69.5 Å². The highest BCUT2D eigenvalue weighted by Gasteiger charge is 2.11. The molecule has 0 N–H and O–H groups in total. The van der Waals surface area contributed by atoms with E-state index in [1.807, 2.05) is 24.4 Å². The summed E-state index contributed by atoms with van der Waals surface area (Å²) >= 11 is 7.66. The van der Waals surface area contributed by atoms with Crippen LogP contribution in [0.2, 0.25) is 5.02 Å². The molecule has 0 bridgehead atoms. The summed E-state index contributed by atoms with van der Waals surface area (Å²) in [6, 6.07) is 18.6. The molecule has 2 aromatic heterocycles. The Morgan fingerprint density at radius 1 is 0.763 bits per heavy atom. The van der Waals surface area contributed by atoms with Crippen molar-refractivity contribution in [3.05, 3.63) is 117 Å². The van der Waals surface area contributed by atoms with Gasteiger partial charge in [0.05, 0.1) is 0 Å². The molecular weight excluding hydrogens is 512 g/mol. The maximum Gasteiger partial charge on any atom is 0.277 e. The van der Waals surface area contributed by atoms with E-state index in [0.29, 0.717) is 12.0 Å². The fraction of sp³-hybridized carbons (Fsp3) is 0.355. The van der Waals surface area contributed by atoms with Crippen molar-refractivity contribution in [2.24, 2.45) is 0 Å². The highest BCUT2D eigenvalue weighted by molar-refractivity contribution is 7.99. The number of benzene rings is 2. The standard InChI is InChI=1S/C31H35ClN4OS/c32-29-15-13-26(14-16-29)12-6-3-1-2-4-9-19-38-31-35-30(37)28(20-27-21-33-24-34-22-27)23-36(31)18-17-25-10-7-5-8-11-25/h5,7-8,10-11,13-16,21-24H,1-4,6,9,12,17-20H2. The number of unbranched alkanes of at least 4 members (excludes halogenated alkanes) is 5. The van der Waals surface area contributed by atoms with Crippen LogP contribution in [0.1, 0.15) is 60.8 Å². The Kier molecular flexibility index (Phi) is 11.4. The summed E-state index contributed by atoms with van der Waals surface area (Å²) in [6.07, 6.45) is 16.8. The minimum atomic E-state index is -0.159. The smallest absolute Gasteiger partial charge is 0.277 e. The predicted molar refractivity (Wildman–Crippen MR) is 157 cm³/mol. The van der Waals surface area contributed by atoms with Crippen LogP contribution in [0.15, 0.2) is 89.5 Å². The van der Waals surface area contributed by atoms with Crippen LogP contribution in [-0.2, 0) is 25.8 Å². The van der Waals surface area contributed by atoms with Crippen molar-refractivity contribution in [3.63, 3.8) is 0 Å². The zero-order chi connectivity index (χ0) is 26.4. The molecule has 0 spiro atoms. The molecule has 38 heavy (non-hydrogen) atoms. The van der Waals surface area contributed by atoms with E-state index in [4.69, 9.17) is 11.6 Å². The van der Waals surface area contributed by atoms with Gasteiger partial charge in [-0.2, -0.15) is 4.98 Å². The van der Waals surface area contributed by atoms with Crippen molar-refractivity contribution >= 4 is 23.4 Å². The lowest BCUT2D eigenvalue weighted by Gasteiger charge is -2.14. The number of hydrogen-bond donors (Lipinski definition) is 0. The van der Waals surface area contributed by atoms with E-state index in [1.54, 1.807) is 24.2 Å². The third-order valence-electron chi connectivity index (χ3n) is 6.53. The SMILES string of the molecule is O=c1nc(SCCCCCCCCc2ccc(Cl)cc2)n(CCc2ccccc2)cc1Cc1cncnc1. The maximum atomic E-state index is 12.8. The van der Waals surface area contributed by atoms with Gasteiger partial charge in [0.25, 0.3) is 5.56 Å². The van der Waals surface area contributed by atoms with Crippen LogP contribution in [-0.4, -0.2) is 25.3 Å². The number of aryl methyl sites for hydroxylation is 3. The van der Waals surface area contributed by atoms with E-state index in [2.05, 4.69) is 55.9 Å². The molecule has 5 nitrogen and oxygen atoms in total. The van der Waals surface area contributed by atoms with Crippen molar-refractivity contribution in [1.82, 2.24) is 19.5 Å². The quantitative estimate of drug-likeness (QED) is 0.0896. The van der Waals surface area contributed by atoms with Crippen molar-refractivity contribution < 1.29 is 0 Å². The fourth-order valence-electron chi connectivity index (χ4n) is 4.41. The van der Waals surface area contributed by atoms with Crippen LogP contribution in [0.3, 0.4) is 0 Å². The molecule has 0 radical (unpaired) electrons. The predicted octanol–water partition coefficient (Wildman–Crippen LogP) is 7.20. The van der Waals surface area contributed by atoms with Gasteiger partial charge in [0, 0.05) is 47.9 Å². The molecule has 0 unspecified atom stereocenters. The van der Waals surface area contributed by atoms with E-state index >= 15 is 0 Å². The first kappa shape index (κ1) is 28.1. The highest BCUT2D eigenvalue weighted by atomic mass is 35.5. The zero-order valence-corrected chi connectivity index (χ0v) is 23.3. The number of nitrogens with zero attached hydrogens (tertiary/aromatic N) is 4. The van der Waals surface area contributed by atoms with Gasteiger partial charge in [0.15, 0.2) is 5.16 Å². The van der Waals surface area contributed by atoms with Crippen LogP contribution in [0.25, 0.3) is 0 Å². The van der Waals surface area contributed by atoms with Crippen LogP contribution in [0, 0.1) is 0 Å². The first-order valence-corrected chi connectivity index (χ1v) is 14.8. The molecule has 198 valence electrons. The van der Waals surface area contributed by atoms with Crippen molar-refractivity contribution in [1.29, 1.82) is 0 Å². The number of aromatic nitrogens is 4. The Labute approximate surface area is 234 Å². The minimum absolute atomic E-state index is 0.159. The fourth-order valence-corrected chi connectivity index (χ4v) is 5.52. The van der Waals surface area contributed by atoms with E-state index < -0.39 is 0 Å². The Morgan fingerprint density at radius 3 is 2.21 bits per heavy atom. The maximum absolute atomic E-state index is 12.8. The molecule has 0 aliphatic carbocycles. The van der Waals surface area contributed by atoms with Crippen molar-refractivity contribution in [2.75, 3.05) is 5.75 Å². The van der Waals surface area contributed by atoms with E-state index in [9.17, 15) is 4.79 Å². The molecule has 0 fully saturated rings. The summed E-state index contributed by atoms with van der Waals surface area (Å²) in [4.78, 5) is 25.5. The van der Waals surface area contributed by atoms with Gasteiger partial charge in [-0.05, 0) is 54.5 Å². The lowest BCUT2D eigenvalue weighted by atomic mass is 10.1. The van der Waals surface area contributed by atoms with E-state index in [0.717, 1.165) is 47.3 Å². The third-order valence-corrected chi connectivity index (χ3v) is 7.86. The topological polar surface area (TPSA) is 60.7 Å². The Bertz CT molecular complexity index is 1300. The van der Waals surface area contributed by atoms with E-state index in [1.165, 1.54) is 49.6 Å². The molecule has 4 aromatic rings. The largest absolute Gasteiger partial charge is 0.327 e. The van der Waals surface area contributed by atoms with Gasteiger partial charge in [-0.3, -0.25) is 4.79 Å². The summed E-state index contributed by atoms with van der Waals surface area (Å²) in [6.45, 7) is 0.783. The second kappa shape index (κ2) is 15.5. The van der Waals surface area contributed by atoms with Gasteiger partial charge in [-0.15, -0.1) is 0 Å². The third kappa shape index (κ3) is 9.41. The lowest BCUT2D eigenvalue weighted by Crippen LogP contribution is -2.20. The normalized spacial score (nSPS) is 11.1. The Morgan fingerprint density at radius 2 is 1.45 bits per heavy atom. The molecule has 0 amide bonds. The average molecular weight is 547 g/mol. The first-order chi connectivity index (χ1) is 18.7. The molecule has 2 aromatic carbocycles. The molecule has 0 saturated carbocycles. The van der Waals surface area contributed by atoms with E-state index in [-0.39, 0.29) is 5.56 Å². The van der Waals surface area contributed by atoms with Crippen molar-refractivity contribution in [3.8, 4) is 0 Å². The number of rotatable bonds is 15. The monoisotopic (exact) mass is 546 g/mol. The molecule has 0 atom stereocenters. The Balaban J connectivity index is 1.25. The molecule has 4 rings (SSSR count). The molecule has 0 saturated heterocycles. The van der Waals surface area contributed by atoms with Gasteiger partial charge in [-0.1, -0.05) is 91.5 Å². The average Bonchev–Trinajstić information content (AvgIpc) is 2.95. The molecule has 2 heterocycles. The first-order valence-electron chi connectivity index (χ1n) is 13.4. The lowest BCUT2D eigenvalue weighted by molar-refractivity contribution is 0.592. The number of thioether (sulfide) groups is 1. The van der Waals surface area contributed by atoms with Crippen LogP contribution in [0.4, 0.5) is 0 Å². The molecule has 7 heteroatoms. The number of halogens is 1. The summed E-state index contributed by atoms with van der Waals surface area (Å²) < 4.78 is 2.15. The van der Waals surface area contributed by atoms with Crippen LogP contribution < -0.4 is 5.56 Å². The van der Waals surface area contributed by atoms with Gasteiger partial charge >= 0.3 is 0 Å². The van der Waals surface area contributed by atoms with Gasteiger partial charge in [0.1, 0.15) is 6.33 Å². The molecule has 0 aliphatic rings. The number of hydrogen-bond acceptors (Lipinski definition) is 5. The second-order valence-corrected chi connectivity index (χ2v) is 11.1. The highest BCUT2D eigenvalue weighted by Crippen LogP contribution is 2.20. The minimum Gasteiger partial charge on any atom is -0.327 e. The zero-order valence-electron chi connectivity index (χ0n) is 21.8. The van der Waals surface area contributed by atoms with Crippen LogP contribution >= 0.6 is 23.4 Å². The summed E-state index contributed by atoms with van der Waals surface area (Å²) in [7, 11) is 0. The summed E-state index contributed by atoms with van der Waals surface area (Å²) in [5.74, 6) is 0.967. The summed E-state index contributed by atoms with van der Waals surface area (Å²) in [5, 5.41) is 1.61. The molecule has 0 aliphatic heterocycles. The van der Waals surface area contributed by atoms with Gasteiger partial charge < -0.3 is 4.57 Å². The van der Waals surface area contributed by atoms with Gasteiger partial charge in [-0.25, -0.2) is 9.97 Å². The van der Waals surface area contributed by atoms with Gasteiger partial charge in [0.2, 0.25) is 0 Å². The Hall–Kier alpha value is -2.96. The summed E-state index contributed by atoms with van der Waals surface area (Å²) in [5.41, 5.74) is 4.06.